The second-order valence-electron chi connectivity index (χ2n) is 8.37. The highest BCUT2D eigenvalue weighted by molar-refractivity contribution is 6.51. The number of nitrogens with zero attached hydrogens (tertiary/aromatic N) is 1. The molecule has 3 aromatic rings. The van der Waals surface area contributed by atoms with E-state index < -0.39 is 17.7 Å². The van der Waals surface area contributed by atoms with Crippen molar-refractivity contribution in [3.05, 3.63) is 95.1 Å². The van der Waals surface area contributed by atoms with Gasteiger partial charge in [-0.15, -0.1) is 0 Å². The van der Waals surface area contributed by atoms with Crippen molar-refractivity contribution in [3.8, 4) is 11.5 Å². The van der Waals surface area contributed by atoms with Gasteiger partial charge in [-0.2, -0.15) is 0 Å². The lowest BCUT2D eigenvalue weighted by atomic mass is 9.95. The van der Waals surface area contributed by atoms with Crippen LogP contribution in [0, 0.1) is 0 Å². The van der Waals surface area contributed by atoms with E-state index in [0.717, 1.165) is 0 Å². The Morgan fingerprint density at radius 3 is 2.14 bits per heavy atom. The largest absolute Gasteiger partial charge is 0.508 e. The minimum Gasteiger partial charge on any atom is -0.508 e. The number of anilines is 1. The van der Waals surface area contributed by atoms with Crippen LogP contribution in [0.2, 0.25) is 0 Å². The molecule has 0 bridgehead atoms. The Bertz CT molecular complexity index is 1330. The summed E-state index contributed by atoms with van der Waals surface area (Å²) in [7, 11) is 0. The van der Waals surface area contributed by atoms with Gasteiger partial charge in [-0.1, -0.05) is 24.3 Å². The van der Waals surface area contributed by atoms with E-state index in [4.69, 9.17) is 9.47 Å². The van der Waals surface area contributed by atoms with Crippen LogP contribution in [0.1, 0.15) is 36.6 Å². The molecule has 1 heterocycles. The minimum absolute atomic E-state index is 0.0236. The van der Waals surface area contributed by atoms with Crippen molar-refractivity contribution in [2.75, 3.05) is 18.1 Å². The summed E-state index contributed by atoms with van der Waals surface area (Å²) in [4.78, 5) is 39.7. The molecule has 1 saturated heterocycles. The van der Waals surface area contributed by atoms with Crippen molar-refractivity contribution < 1.29 is 34.1 Å². The fourth-order valence-electron chi connectivity index (χ4n) is 4.26. The van der Waals surface area contributed by atoms with Crippen LogP contribution in [-0.4, -0.2) is 41.1 Å². The molecule has 8 nitrogen and oxygen atoms in total. The third-order valence-electron chi connectivity index (χ3n) is 5.96. The number of ketones is 1. The summed E-state index contributed by atoms with van der Waals surface area (Å²) in [6.45, 7) is 4.35. The first-order chi connectivity index (χ1) is 17.8. The lowest BCUT2D eigenvalue weighted by molar-refractivity contribution is -0.142. The molecule has 1 atom stereocenters. The molecule has 0 aliphatic carbocycles. The van der Waals surface area contributed by atoms with Gasteiger partial charge < -0.3 is 19.7 Å². The Hall–Kier alpha value is -4.59. The fraction of sp³-hybridized carbons (Fsp3) is 0.207. The number of esters is 1. The molecule has 0 spiro atoms. The van der Waals surface area contributed by atoms with Crippen molar-refractivity contribution >= 4 is 29.1 Å². The Labute approximate surface area is 214 Å². The van der Waals surface area contributed by atoms with E-state index in [9.17, 15) is 24.6 Å². The number of phenolic OH excluding ortho intramolecular Hbond substituents is 1. The first kappa shape index (κ1) is 25.5. The minimum atomic E-state index is -0.942. The number of aromatic hydroxyl groups is 1. The molecule has 0 saturated carbocycles. The molecule has 1 aliphatic rings. The second-order valence-corrected chi connectivity index (χ2v) is 8.37. The molecule has 1 unspecified atom stereocenters. The fourth-order valence-corrected chi connectivity index (χ4v) is 4.26. The van der Waals surface area contributed by atoms with E-state index >= 15 is 0 Å². The highest BCUT2D eigenvalue weighted by Gasteiger charge is 2.47. The Morgan fingerprint density at radius 1 is 0.892 bits per heavy atom. The predicted molar refractivity (Wildman–Crippen MR) is 137 cm³/mol. The number of Topliss-reactive ketones (excluding diaryl/α,β-unsaturated/α-hetero) is 1. The van der Waals surface area contributed by atoms with Crippen molar-refractivity contribution in [1.82, 2.24) is 0 Å². The van der Waals surface area contributed by atoms with Crippen LogP contribution in [0.25, 0.3) is 5.76 Å². The first-order valence-electron chi connectivity index (χ1n) is 11.9. The van der Waals surface area contributed by atoms with Crippen LogP contribution in [0.3, 0.4) is 0 Å². The summed E-state index contributed by atoms with van der Waals surface area (Å²) in [5.74, 6) is -1.69. The van der Waals surface area contributed by atoms with Gasteiger partial charge in [0.25, 0.3) is 11.7 Å². The van der Waals surface area contributed by atoms with Crippen LogP contribution in [0.15, 0.2) is 78.4 Å². The van der Waals surface area contributed by atoms with Crippen LogP contribution in [0.4, 0.5) is 5.69 Å². The van der Waals surface area contributed by atoms with Crippen molar-refractivity contribution in [2.24, 2.45) is 0 Å². The molecule has 190 valence electrons. The van der Waals surface area contributed by atoms with Gasteiger partial charge >= 0.3 is 5.97 Å². The number of carbonyl (C=O) groups excluding carboxylic acids is 3. The summed E-state index contributed by atoms with van der Waals surface area (Å²) >= 11 is 0. The molecule has 1 fully saturated rings. The smallest absolute Gasteiger partial charge is 0.310 e. The highest BCUT2D eigenvalue weighted by Crippen LogP contribution is 2.42. The molecule has 8 heteroatoms. The van der Waals surface area contributed by atoms with Gasteiger partial charge in [0, 0.05) is 11.3 Å². The maximum atomic E-state index is 13.3. The standard InChI is InChI=1S/C29H27NO7/c1-3-36-23-15-9-20(10-16-23)27(33)25-26(19-7-13-22(31)14-8-19)30(29(35)28(25)34)21-11-5-18(6-12-21)17-24(32)37-4-2/h5-16,26,31,33H,3-4,17H2,1-2H3/b27-25+. The molecule has 1 amide bonds. The number of phenols is 1. The molecule has 3 aromatic carbocycles. The summed E-state index contributed by atoms with van der Waals surface area (Å²) in [5, 5.41) is 21.0. The van der Waals surface area contributed by atoms with Crippen molar-refractivity contribution in [1.29, 1.82) is 0 Å². The lowest BCUT2D eigenvalue weighted by Gasteiger charge is -2.25. The molecule has 1 aliphatic heterocycles. The molecule has 0 aromatic heterocycles. The molecule has 0 radical (unpaired) electrons. The lowest BCUT2D eigenvalue weighted by Crippen LogP contribution is -2.29. The average Bonchev–Trinajstić information content (AvgIpc) is 3.15. The van der Waals surface area contributed by atoms with Gasteiger partial charge in [-0.05, 0) is 73.5 Å². The topological polar surface area (TPSA) is 113 Å². The SMILES string of the molecule is CCOC(=O)Cc1ccc(N2C(=O)C(=O)/C(=C(/O)c3ccc(OCC)cc3)C2c2ccc(O)cc2)cc1. The van der Waals surface area contributed by atoms with E-state index in [-0.39, 0.29) is 36.1 Å². The van der Waals surface area contributed by atoms with Crippen LogP contribution in [-0.2, 0) is 25.5 Å². The van der Waals surface area contributed by atoms with E-state index in [1.165, 1.54) is 17.0 Å². The third kappa shape index (κ3) is 5.33. The number of hydrogen-bond donors (Lipinski definition) is 2. The van der Waals surface area contributed by atoms with Gasteiger partial charge in [0.1, 0.15) is 17.3 Å². The summed E-state index contributed by atoms with van der Waals surface area (Å²) in [5.41, 5.74) is 1.92. The number of ether oxygens (including phenoxy) is 2. The summed E-state index contributed by atoms with van der Waals surface area (Å²) in [6, 6.07) is 18.4. The molecule has 2 N–H and O–H groups in total. The van der Waals surface area contributed by atoms with Gasteiger partial charge in [-0.25, -0.2) is 0 Å². The van der Waals surface area contributed by atoms with E-state index in [1.807, 2.05) is 6.92 Å². The van der Waals surface area contributed by atoms with E-state index in [2.05, 4.69) is 0 Å². The van der Waals surface area contributed by atoms with Crippen molar-refractivity contribution in [2.45, 2.75) is 26.3 Å². The number of carbonyl (C=O) groups is 3. The molecule has 37 heavy (non-hydrogen) atoms. The number of aliphatic hydroxyl groups is 1. The number of hydrogen-bond acceptors (Lipinski definition) is 7. The third-order valence-corrected chi connectivity index (χ3v) is 5.96. The highest BCUT2D eigenvalue weighted by atomic mass is 16.5. The normalized spacial score (nSPS) is 16.6. The van der Waals surface area contributed by atoms with Crippen LogP contribution < -0.4 is 9.64 Å². The average molecular weight is 502 g/mol. The molecular formula is C29H27NO7. The van der Waals surface area contributed by atoms with Gasteiger partial charge in [0.05, 0.1) is 31.2 Å². The Balaban J connectivity index is 1.78. The number of rotatable bonds is 8. The van der Waals surface area contributed by atoms with Gasteiger partial charge in [-0.3, -0.25) is 19.3 Å². The monoisotopic (exact) mass is 501 g/mol. The van der Waals surface area contributed by atoms with Gasteiger partial charge in [0.2, 0.25) is 0 Å². The number of benzene rings is 3. The number of amides is 1. The predicted octanol–water partition coefficient (Wildman–Crippen LogP) is 4.52. The molecule has 4 rings (SSSR count). The van der Waals surface area contributed by atoms with E-state index in [1.54, 1.807) is 67.6 Å². The quantitative estimate of drug-likeness (QED) is 0.202. The second kappa shape index (κ2) is 11.0. The zero-order valence-corrected chi connectivity index (χ0v) is 20.5. The first-order valence-corrected chi connectivity index (χ1v) is 11.9. The zero-order chi connectivity index (χ0) is 26.5. The van der Waals surface area contributed by atoms with Crippen LogP contribution >= 0.6 is 0 Å². The summed E-state index contributed by atoms with van der Waals surface area (Å²) in [6.07, 6.45) is 0.0755. The Kier molecular flexibility index (Phi) is 7.57. The van der Waals surface area contributed by atoms with E-state index in [0.29, 0.717) is 34.7 Å². The maximum absolute atomic E-state index is 13.3. The zero-order valence-electron chi connectivity index (χ0n) is 20.5. The Morgan fingerprint density at radius 2 is 1.54 bits per heavy atom. The number of aliphatic hydroxyl groups excluding tert-OH is 1. The van der Waals surface area contributed by atoms with Crippen LogP contribution in [0.5, 0.6) is 11.5 Å². The van der Waals surface area contributed by atoms with Gasteiger partial charge in [0.15, 0.2) is 0 Å². The van der Waals surface area contributed by atoms with Crippen molar-refractivity contribution in [3.63, 3.8) is 0 Å². The maximum Gasteiger partial charge on any atom is 0.310 e. The molecular weight excluding hydrogens is 474 g/mol. The summed E-state index contributed by atoms with van der Waals surface area (Å²) < 4.78 is 10.4.